The average Bonchev–Trinajstić information content (AvgIpc) is 2.43. The lowest BCUT2D eigenvalue weighted by molar-refractivity contribution is -0.120. The van der Waals surface area contributed by atoms with E-state index >= 15 is 0 Å². The van der Waals surface area contributed by atoms with E-state index in [-0.39, 0.29) is 18.4 Å². The van der Waals surface area contributed by atoms with Gasteiger partial charge in [-0.1, -0.05) is 17.7 Å². The summed E-state index contributed by atoms with van der Waals surface area (Å²) >= 11 is 4.87. The van der Waals surface area contributed by atoms with Crippen LogP contribution in [0.2, 0.25) is 0 Å². The lowest BCUT2D eigenvalue weighted by atomic mass is 10.1. The molecule has 0 spiro atoms. The normalized spacial score (nSPS) is 9.50. The third-order valence-corrected chi connectivity index (χ3v) is 2.59. The van der Waals surface area contributed by atoms with Gasteiger partial charge in [-0.2, -0.15) is 0 Å². The zero-order valence-electron chi connectivity index (χ0n) is 11.4. The summed E-state index contributed by atoms with van der Waals surface area (Å²) in [5.41, 5.74) is 6.41. The number of hydrogen-bond acceptors (Lipinski definition) is 3. The fourth-order valence-corrected chi connectivity index (χ4v) is 1.62. The number of amides is 2. The van der Waals surface area contributed by atoms with E-state index in [1.54, 1.807) is 18.2 Å². The van der Waals surface area contributed by atoms with E-state index in [9.17, 15) is 9.59 Å². The van der Waals surface area contributed by atoms with Gasteiger partial charge in [0.15, 0.2) is 5.11 Å². The number of carbonyl (C=O) groups excluding carboxylic acids is 2. The van der Waals surface area contributed by atoms with Gasteiger partial charge in [-0.15, -0.1) is 0 Å². The van der Waals surface area contributed by atoms with Crippen LogP contribution in [-0.2, 0) is 4.79 Å². The third kappa shape index (κ3) is 5.66. The number of thiocarbonyl (C=S) groups is 1. The second-order valence-corrected chi connectivity index (χ2v) is 4.49. The Morgan fingerprint density at radius 2 is 1.95 bits per heavy atom. The number of carbonyl (C=O) groups is 2. The molecule has 0 bridgehead atoms. The van der Waals surface area contributed by atoms with Gasteiger partial charge < -0.3 is 10.6 Å². The van der Waals surface area contributed by atoms with Crippen LogP contribution in [0.15, 0.2) is 24.3 Å². The molecule has 7 heteroatoms. The summed E-state index contributed by atoms with van der Waals surface area (Å²) in [6, 6.07) is 7.14. The number of hydrazine groups is 1. The number of benzene rings is 1. The maximum atomic E-state index is 11.8. The van der Waals surface area contributed by atoms with Gasteiger partial charge in [-0.25, -0.2) is 0 Å². The molecule has 0 atom stereocenters. The zero-order valence-corrected chi connectivity index (χ0v) is 12.3. The first kappa shape index (κ1) is 15.9. The van der Waals surface area contributed by atoms with Crippen LogP contribution in [0.25, 0.3) is 0 Å². The molecule has 4 N–H and O–H groups in total. The Morgan fingerprint density at radius 3 is 2.60 bits per heavy atom. The summed E-state index contributed by atoms with van der Waals surface area (Å²) in [5.74, 6) is -0.677. The Labute approximate surface area is 123 Å². The molecule has 0 saturated heterocycles. The monoisotopic (exact) mass is 294 g/mol. The van der Waals surface area contributed by atoms with Crippen LogP contribution in [0.3, 0.4) is 0 Å². The predicted molar refractivity (Wildman–Crippen MR) is 81.1 cm³/mol. The van der Waals surface area contributed by atoms with Crippen molar-refractivity contribution in [2.75, 3.05) is 13.1 Å². The summed E-state index contributed by atoms with van der Waals surface area (Å²) in [5, 5.41) is 5.67. The zero-order chi connectivity index (χ0) is 15.0. The van der Waals surface area contributed by atoms with Gasteiger partial charge in [0.05, 0.1) is 6.54 Å². The van der Waals surface area contributed by atoms with Gasteiger partial charge in [0.2, 0.25) is 0 Å². The molecule has 6 nitrogen and oxygen atoms in total. The fraction of sp³-hybridized carbons (Fsp3) is 0.308. The van der Waals surface area contributed by atoms with E-state index < -0.39 is 0 Å². The molecule has 0 radical (unpaired) electrons. The Hall–Kier alpha value is -2.15. The largest absolute Gasteiger partial charge is 0.362 e. The van der Waals surface area contributed by atoms with Crippen LogP contribution in [0.4, 0.5) is 0 Å². The maximum absolute atomic E-state index is 11.8. The SMILES string of the molecule is CCNC(=S)NNC(=O)CNC(=O)c1cccc(C)c1. The minimum absolute atomic E-state index is 0.130. The van der Waals surface area contributed by atoms with Crippen molar-refractivity contribution in [1.29, 1.82) is 0 Å². The molecular weight excluding hydrogens is 276 g/mol. The Kier molecular flexibility index (Phi) is 6.45. The van der Waals surface area contributed by atoms with E-state index in [4.69, 9.17) is 12.2 Å². The molecule has 0 aliphatic rings. The number of rotatable bonds is 4. The van der Waals surface area contributed by atoms with Crippen molar-refractivity contribution in [2.24, 2.45) is 0 Å². The first-order valence-electron chi connectivity index (χ1n) is 6.20. The number of nitrogens with one attached hydrogen (secondary N) is 4. The molecular formula is C13H18N4O2S. The lowest BCUT2D eigenvalue weighted by Crippen LogP contribution is -2.49. The highest BCUT2D eigenvalue weighted by Gasteiger charge is 2.07. The molecule has 0 heterocycles. The van der Waals surface area contributed by atoms with E-state index in [2.05, 4.69) is 21.5 Å². The van der Waals surface area contributed by atoms with E-state index in [0.717, 1.165) is 5.56 Å². The highest BCUT2D eigenvalue weighted by molar-refractivity contribution is 7.80. The first-order chi connectivity index (χ1) is 9.52. The third-order valence-electron chi connectivity index (χ3n) is 2.34. The number of hydrogen-bond donors (Lipinski definition) is 4. The van der Waals surface area contributed by atoms with Gasteiger partial charge >= 0.3 is 0 Å². The Balaban J connectivity index is 2.34. The molecule has 0 aromatic heterocycles. The Bertz CT molecular complexity index is 505. The van der Waals surface area contributed by atoms with E-state index in [1.807, 2.05) is 19.9 Å². The molecule has 0 unspecified atom stereocenters. The molecule has 0 saturated carbocycles. The van der Waals surface area contributed by atoms with Gasteiger partial charge in [-0.3, -0.25) is 20.4 Å². The van der Waals surface area contributed by atoms with Crippen LogP contribution >= 0.6 is 12.2 Å². The van der Waals surface area contributed by atoms with Gasteiger partial charge in [0.25, 0.3) is 11.8 Å². The van der Waals surface area contributed by atoms with Gasteiger partial charge in [0, 0.05) is 12.1 Å². The highest BCUT2D eigenvalue weighted by atomic mass is 32.1. The van der Waals surface area contributed by atoms with Gasteiger partial charge in [-0.05, 0) is 38.2 Å². The molecule has 1 rings (SSSR count). The second kappa shape index (κ2) is 8.11. The molecule has 0 fully saturated rings. The van der Waals surface area contributed by atoms with Crippen molar-refractivity contribution in [3.05, 3.63) is 35.4 Å². The summed E-state index contributed by atoms with van der Waals surface area (Å²) < 4.78 is 0. The highest BCUT2D eigenvalue weighted by Crippen LogP contribution is 2.03. The number of aryl methyl sites for hydroxylation is 1. The summed E-state index contributed by atoms with van der Waals surface area (Å²) in [7, 11) is 0. The molecule has 108 valence electrons. The molecule has 0 aliphatic carbocycles. The summed E-state index contributed by atoms with van der Waals surface area (Å²) in [4.78, 5) is 23.3. The molecule has 1 aromatic carbocycles. The molecule has 2 amide bonds. The molecule has 0 aliphatic heterocycles. The fourth-order valence-electron chi connectivity index (χ4n) is 1.42. The van der Waals surface area contributed by atoms with Crippen molar-refractivity contribution in [1.82, 2.24) is 21.5 Å². The topological polar surface area (TPSA) is 82.3 Å². The average molecular weight is 294 g/mol. The van der Waals surface area contributed by atoms with Crippen molar-refractivity contribution in [3.8, 4) is 0 Å². The minimum atomic E-state index is -0.383. The van der Waals surface area contributed by atoms with E-state index in [1.165, 1.54) is 0 Å². The lowest BCUT2D eigenvalue weighted by Gasteiger charge is -2.10. The van der Waals surface area contributed by atoms with E-state index in [0.29, 0.717) is 17.2 Å². The smallest absolute Gasteiger partial charge is 0.257 e. The Morgan fingerprint density at radius 1 is 1.20 bits per heavy atom. The summed E-state index contributed by atoms with van der Waals surface area (Å²) in [6.45, 7) is 4.31. The standard InChI is InChI=1S/C13H18N4O2S/c1-3-14-13(20)17-16-11(18)8-15-12(19)10-6-4-5-9(2)7-10/h4-7H,3,8H2,1-2H3,(H,15,19)(H,16,18)(H2,14,17,20). The minimum Gasteiger partial charge on any atom is -0.362 e. The van der Waals surface area contributed by atoms with Crippen LogP contribution < -0.4 is 21.5 Å². The second-order valence-electron chi connectivity index (χ2n) is 4.08. The van der Waals surface area contributed by atoms with Crippen molar-refractivity contribution < 1.29 is 9.59 Å². The van der Waals surface area contributed by atoms with Crippen LogP contribution in [0.5, 0.6) is 0 Å². The van der Waals surface area contributed by atoms with Crippen LogP contribution in [-0.4, -0.2) is 30.0 Å². The predicted octanol–water partition coefficient (Wildman–Crippen LogP) is 0.240. The van der Waals surface area contributed by atoms with Crippen molar-refractivity contribution >= 4 is 29.1 Å². The quantitative estimate of drug-likeness (QED) is 0.472. The van der Waals surface area contributed by atoms with Gasteiger partial charge in [0.1, 0.15) is 0 Å². The molecule has 1 aromatic rings. The van der Waals surface area contributed by atoms with Crippen molar-refractivity contribution in [3.63, 3.8) is 0 Å². The van der Waals surface area contributed by atoms with Crippen LogP contribution in [0.1, 0.15) is 22.8 Å². The van der Waals surface area contributed by atoms with Crippen molar-refractivity contribution in [2.45, 2.75) is 13.8 Å². The molecule has 20 heavy (non-hydrogen) atoms. The van der Waals surface area contributed by atoms with Crippen LogP contribution in [0, 0.1) is 6.92 Å². The summed E-state index contributed by atoms with van der Waals surface area (Å²) in [6.07, 6.45) is 0. The first-order valence-corrected chi connectivity index (χ1v) is 6.61. The maximum Gasteiger partial charge on any atom is 0.257 e.